The van der Waals surface area contributed by atoms with E-state index in [9.17, 15) is 4.79 Å². The third-order valence-electron chi connectivity index (χ3n) is 6.19. The average Bonchev–Trinajstić information content (AvgIpc) is 3.40. The zero-order valence-electron chi connectivity index (χ0n) is 18.6. The van der Waals surface area contributed by atoms with Crippen LogP contribution in [0.3, 0.4) is 0 Å². The number of hydrogen-bond acceptors (Lipinski definition) is 3. The molecular weight excluding hydrogens is 360 g/mol. The van der Waals surface area contributed by atoms with Crippen LogP contribution in [0.4, 0.5) is 11.6 Å². The molecule has 0 bridgehead atoms. The van der Waals surface area contributed by atoms with Gasteiger partial charge < -0.3 is 14.4 Å². The largest absolute Gasteiger partial charge is 0.337 e. The number of carbonyl (C=O) groups excluding carboxylic acids is 1. The van der Waals surface area contributed by atoms with Gasteiger partial charge in [0.15, 0.2) is 0 Å². The second-order valence-corrected chi connectivity index (χ2v) is 8.94. The van der Waals surface area contributed by atoms with Gasteiger partial charge in [-0.05, 0) is 70.4 Å². The summed E-state index contributed by atoms with van der Waals surface area (Å²) in [5.74, 6) is 1.79. The summed E-state index contributed by atoms with van der Waals surface area (Å²) in [7, 11) is 0. The van der Waals surface area contributed by atoms with Gasteiger partial charge in [-0.2, -0.15) is 0 Å². The van der Waals surface area contributed by atoms with Gasteiger partial charge in [0.25, 0.3) is 5.91 Å². The minimum atomic E-state index is 0.161. The fourth-order valence-electron chi connectivity index (χ4n) is 4.85. The number of carbonyl (C=O) groups is 1. The molecule has 1 amide bonds. The van der Waals surface area contributed by atoms with Crippen LogP contribution in [0.2, 0.25) is 0 Å². The van der Waals surface area contributed by atoms with E-state index >= 15 is 0 Å². The maximum atomic E-state index is 13.5. The quantitative estimate of drug-likeness (QED) is 0.698. The van der Waals surface area contributed by atoms with Crippen molar-refractivity contribution in [1.29, 1.82) is 0 Å². The van der Waals surface area contributed by atoms with Crippen molar-refractivity contribution >= 4 is 17.5 Å². The highest BCUT2D eigenvalue weighted by Gasteiger charge is 2.33. The number of hydrogen-bond donors (Lipinski definition) is 0. The minimum Gasteiger partial charge on any atom is -0.337 e. The van der Waals surface area contributed by atoms with E-state index in [1.807, 2.05) is 6.92 Å². The number of fused-ring (bicyclic) bond motifs is 1. The van der Waals surface area contributed by atoms with Gasteiger partial charge in [-0.3, -0.25) is 4.79 Å². The Morgan fingerprint density at radius 3 is 2.45 bits per heavy atom. The molecule has 29 heavy (non-hydrogen) atoms. The Labute approximate surface area is 174 Å². The first-order chi connectivity index (χ1) is 13.9. The number of imidazole rings is 1. The number of amides is 1. The number of aryl methyl sites for hydroxylation is 4. The van der Waals surface area contributed by atoms with Crippen molar-refractivity contribution in [3.05, 3.63) is 40.2 Å². The second kappa shape index (κ2) is 7.85. The Morgan fingerprint density at radius 2 is 1.83 bits per heavy atom. The zero-order chi connectivity index (χ0) is 20.7. The van der Waals surface area contributed by atoms with Crippen LogP contribution in [0.25, 0.3) is 0 Å². The van der Waals surface area contributed by atoms with Crippen LogP contribution in [0.1, 0.15) is 65.5 Å². The molecule has 5 heteroatoms. The number of benzene rings is 1. The van der Waals surface area contributed by atoms with Crippen LogP contribution in [-0.4, -0.2) is 40.0 Å². The van der Waals surface area contributed by atoms with Crippen molar-refractivity contribution in [3.8, 4) is 0 Å². The van der Waals surface area contributed by atoms with Gasteiger partial charge >= 0.3 is 0 Å². The van der Waals surface area contributed by atoms with E-state index < -0.39 is 0 Å². The molecule has 0 atom stereocenters. The number of anilines is 2. The Bertz CT molecular complexity index is 902. The summed E-state index contributed by atoms with van der Waals surface area (Å²) in [5, 5.41) is 0. The van der Waals surface area contributed by atoms with Crippen molar-refractivity contribution in [3.63, 3.8) is 0 Å². The third-order valence-corrected chi connectivity index (χ3v) is 6.19. The molecule has 1 aliphatic heterocycles. The van der Waals surface area contributed by atoms with E-state index in [1.165, 1.54) is 35.2 Å². The molecule has 1 saturated carbocycles. The maximum Gasteiger partial charge on any atom is 0.272 e. The monoisotopic (exact) mass is 394 g/mol. The lowest BCUT2D eigenvalue weighted by Crippen LogP contribution is -2.37. The molecule has 0 N–H and O–H groups in total. The van der Waals surface area contributed by atoms with Crippen LogP contribution < -0.4 is 4.90 Å². The van der Waals surface area contributed by atoms with Gasteiger partial charge in [0, 0.05) is 31.9 Å². The van der Waals surface area contributed by atoms with Crippen LogP contribution in [0.15, 0.2) is 12.1 Å². The number of rotatable bonds is 6. The topological polar surface area (TPSA) is 41.4 Å². The van der Waals surface area contributed by atoms with Gasteiger partial charge in [-0.15, -0.1) is 0 Å². The summed E-state index contributed by atoms with van der Waals surface area (Å²) in [6.45, 7) is 14.2. The molecule has 1 aromatic carbocycles. The molecule has 5 nitrogen and oxygen atoms in total. The van der Waals surface area contributed by atoms with Crippen LogP contribution >= 0.6 is 0 Å². The molecule has 2 aliphatic rings. The summed E-state index contributed by atoms with van der Waals surface area (Å²) in [4.78, 5) is 22.8. The Morgan fingerprint density at radius 1 is 1.14 bits per heavy atom. The Hall–Kier alpha value is -2.30. The fraction of sp³-hybridized carbons (Fsp3) is 0.583. The third kappa shape index (κ3) is 3.79. The molecule has 0 saturated heterocycles. The SMILES string of the molecule is CCCN(CC1CC1)C(=O)c1c(C)nc2n1CCCN2c1c(C)cc(C)cc1C. The molecule has 1 aromatic heterocycles. The van der Waals surface area contributed by atoms with Crippen molar-refractivity contribution in [2.24, 2.45) is 5.92 Å². The zero-order valence-corrected chi connectivity index (χ0v) is 18.6. The van der Waals surface area contributed by atoms with Gasteiger partial charge in [-0.1, -0.05) is 24.6 Å². The molecule has 156 valence electrons. The molecule has 1 fully saturated rings. The van der Waals surface area contributed by atoms with Gasteiger partial charge in [-0.25, -0.2) is 4.98 Å². The normalized spacial score (nSPS) is 16.1. The number of aromatic nitrogens is 2. The summed E-state index contributed by atoms with van der Waals surface area (Å²) in [6.07, 6.45) is 4.53. The molecule has 4 rings (SSSR count). The molecule has 1 aliphatic carbocycles. The van der Waals surface area contributed by atoms with E-state index in [2.05, 4.69) is 54.2 Å². The average molecular weight is 395 g/mol. The van der Waals surface area contributed by atoms with Crippen molar-refractivity contribution in [1.82, 2.24) is 14.5 Å². The van der Waals surface area contributed by atoms with Crippen LogP contribution in [0, 0.1) is 33.6 Å². The molecule has 0 spiro atoms. The summed E-state index contributed by atoms with van der Waals surface area (Å²) < 4.78 is 2.18. The van der Waals surface area contributed by atoms with E-state index in [-0.39, 0.29) is 5.91 Å². The van der Waals surface area contributed by atoms with Gasteiger partial charge in [0.1, 0.15) is 5.69 Å². The maximum absolute atomic E-state index is 13.5. The predicted molar refractivity (Wildman–Crippen MR) is 118 cm³/mol. The van der Waals surface area contributed by atoms with Crippen molar-refractivity contribution in [2.45, 2.75) is 66.8 Å². The fourth-order valence-corrected chi connectivity index (χ4v) is 4.85. The first-order valence-electron chi connectivity index (χ1n) is 11.1. The van der Waals surface area contributed by atoms with E-state index in [0.29, 0.717) is 5.92 Å². The lowest BCUT2D eigenvalue weighted by Gasteiger charge is -2.32. The van der Waals surface area contributed by atoms with Crippen molar-refractivity contribution in [2.75, 3.05) is 24.5 Å². The van der Waals surface area contributed by atoms with Crippen LogP contribution in [-0.2, 0) is 6.54 Å². The van der Waals surface area contributed by atoms with Gasteiger partial charge in [0.2, 0.25) is 5.95 Å². The van der Waals surface area contributed by atoms with Gasteiger partial charge in [0.05, 0.1) is 5.69 Å². The highest BCUT2D eigenvalue weighted by atomic mass is 16.2. The number of nitrogens with zero attached hydrogens (tertiary/aromatic N) is 4. The minimum absolute atomic E-state index is 0.161. The summed E-state index contributed by atoms with van der Waals surface area (Å²) in [5.41, 5.74) is 6.71. The smallest absolute Gasteiger partial charge is 0.272 e. The lowest BCUT2D eigenvalue weighted by molar-refractivity contribution is 0.0735. The lowest BCUT2D eigenvalue weighted by atomic mass is 10.0. The molecule has 0 unspecified atom stereocenters. The Balaban J connectivity index is 1.73. The second-order valence-electron chi connectivity index (χ2n) is 8.94. The molecular formula is C24H34N4O. The highest BCUT2D eigenvalue weighted by molar-refractivity contribution is 5.94. The van der Waals surface area contributed by atoms with Crippen molar-refractivity contribution < 1.29 is 4.79 Å². The molecule has 0 radical (unpaired) electrons. The summed E-state index contributed by atoms with van der Waals surface area (Å²) in [6, 6.07) is 4.48. The first kappa shape index (κ1) is 20.0. The predicted octanol–water partition coefficient (Wildman–Crippen LogP) is 4.92. The molecule has 2 aromatic rings. The van der Waals surface area contributed by atoms with E-state index in [4.69, 9.17) is 4.98 Å². The van der Waals surface area contributed by atoms with Crippen LogP contribution in [0.5, 0.6) is 0 Å². The standard InChI is InChI=1S/C24H34N4O/c1-6-10-26(15-20-8-9-20)23(29)22-19(5)25-24-27(11-7-12-28(22)24)21-17(3)13-16(2)14-18(21)4/h13-14,20H,6-12,15H2,1-5H3. The summed E-state index contributed by atoms with van der Waals surface area (Å²) >= 11 is 0. The van der Waals surface area contributed by atoms with E-state index in [0.717, 1.165) is 56.4 Å². The molecule has 2 heterocycles. The van der Waals surface area contributed by atoms with E-state index in [1.54, 1.807) is 0 Å². The first-order valence-corrected chi connectivity index (χ1v) is 11.1. The Kier molecular flexibility index (Phi) is 5.41. The highest BCUT2D eigenvalue weighted by Crippen LogP contribution is 2.36.